The van der Waals surface area contributed by atoms with E-state index in [-0.39, 0.29) is 0 Å². The fraction of sp³-hybridized carbons (Fsp3) is 0.522. The van der Waals surface area contributed by atoms with Crippen LogP contribution in [0.25, 0.3) is 0 Å². The zero-order valence-electron chi connectivity index (χ0n) is 18.0. The molecule has 1 aromatic carbocycles. The minimum Gasteiger partial charge on any atom is -0.362 e. The van der Waals surface area contributed by atoms with Gasteiger partial charge in [0.05, 0.1) is 0 Å². The highest BCUT2D eigenvalue weighted by Crippen LogP contribution is 2.28. The molecule has 7 heteroatoms. The number of hydrogen-bond acceptors (Lipinski definition) is 5. The minimum atomic E-state index is 0.523. The van der Waals surface area contributed by atoms with Gasteiger partial charge >= 0.3 is 0 Å². The van der Waals surface area contributed by atoms with E-state index >= 15 is 0 Å². The topological polar surface area (TPSA) is 56.3 Å². The summed E-state index contributed by atoms with van der Waals surface area (Å²) in [5.41, 5.74) is 2.82. The van der Waals surface area contributed by atoms with E-state index in [1.807, 2.05) is 0 Å². The molecule has 0 bridgehead atoms. The van der Waals surface area contributed by atoms with E-state index < -0.39 is 0 Å². The van der Waals surface area contributed by atoms with Crippen molar-refractivity contribution in [1.82, 2.24) is 15.3 Å². The Morgan fingerprint density at radius 2 is 1.70 bits per heavy atom. The van der Waals surface area contributed by atoms with Crippen LogP contribution < -0.4 is 20.4 Å². The van der Waals surface area contributed by atoms with E-state index in [1.54, 1.807) is 0 Å². The number of thiocarbonyl (C=S) groups is 1. The van der Waals surface area contributed by atoms with Crippen molar-refractivity contribution in [3.63, 3.8) is 0 Å². The van der Waals surface area contributed by atoms with E-state index in [0.29, 0.717) is 17.0 Å². The Morgan fingerprint density at radius 3 is 2.43 bits per heavy atom. The fourth-order valence-electron chi connectivity index (χ4n) is 4.06. The van der Waals surface area contributed by atoms with Gasteiger partial charge in [0.25, 0.3) is 0 Å². The van der Waals surface area contributed by atoms with Crippen molar-refractivity contribution < 1.29 is 0 Å². The number of hydrogen-bond donors (Lipinski definition) is 2. The van der Waals surface area contributed by atoms with Crippen LogP contribution in [0, 0.1) is 5.92 Å². The van der Waals surface area contributed by atoms with Gasteiger partial charge in [-0.2, -0.15) is 9.97 Å². The SMILES string of the molecule is CC(C)CNC(=S)Nc1nc(N2CCCCC2)cc(N2CCc3ccccc3C2)n1. The van der Waals surface area contributed by atoms with E-state index in [2.05, 4.69) is 64.6 Å². The number of nitrogens with one attached hydrogen (secondary N) is 2. The molecule has 30 heavy (non-hydrogen) atoms. The average Bonchev–Trinajstić information content (AvgIpc) is 2.78. The lowest BCUT2D eigenvalue weighted by molar-refractivity contribution is 0.573. The smallest absolute Gasteiger partial charge is 0.232 e. The van der Waals surface area contributed by atoms with E-state index in [0.717, 1.165) is 50.8 Å². The second-order valence-corrected chi connectivity index (χ2v) is 9.03. The molecule has 4 rings (SSSR count). The van der Waals surface area contributed by atoms with Crippen LogP contribution in [0.4, 0.5) is 17.6 Å². The Kier molecular flexibility index (Phi) is 6.67. The molecular formula is C23H32N6S. The summed E-state index contributed by atoms with van der Waals surface area (Å²) in [5.74, 6) is 3.06. The molecule has 2 N–H and O–H groups in total. The maximum Gasteiger partial charge on any atom is 0.232 e. The predicted octanol–water partition coefficient (Wildman–Crippen LogP) is 3.97. The van der Waals surface area contributed by atoms with Gasteiger partial charge in [-0.1, -0.05) is 38.1 Å². The number of rotatable bonds is 5. The summed E-state index contributed by atoms with van der Waals surface area (Å²) in [6, 6.07) is 10.8. The molecule has 0 amide bonds. The minimum absolute atomic E-state index is 0.523. The number of benzene rings is 1. The van der Waals surface area contributed by atoms with Crippen LogP contribution >= 0.6 is 12.2 Å². The number of fused-ring (bicyclic) bond motifs is 1. The number of aromatic nitrogens is 2. The first-order valence-corrected chi connectivity index (χ1v) is 11.5. The Morgan fingerprint density at radius 1 is 1.00 bits per heavy atom. The van der Waals surface area contributed by atoms with Gasteiger partial charge in [0.2, 0.25) is 5.95 Å². The molecule has 160 valence electrons. The number of nitrogens with zero attached hydrogens (tertiary/aromatic N) is 4. The van der Waals surface area contributed by atoms with Crippen molar-refractivity contribution in [3.05, 3.63) is 41.5 Å². The van der Waals surface area contributed by atoms with Crippen LogP contribution in [-0.2, 0) is 13.0 Å². The highest BCUT2D eigenvalue weighted by atomic mass is 32.1. The van der Waals surface area contributed by atoms with Gasteiger partial charge < -0.3 is 20.4 Å². The summed E-state index contributed by atoms with van der Waals surface area (Å²) in [7, 11) is 0. The van der Waals surface area contributed by atoms with Gasteiger partial charge in [-0.25, -0.2) is 0 Å². The van der Waals surface area contributed by atoms with Crippen LogP contribution in [0.5, 0.6) is 0 Å². The normalized spacial score (nSPS) is 16.4. The van der Waals surface area contributed by atoms with Crippen molar-refractivity contribution in [3.8, 4) is 0 Å². The van der Waals surface area contributed by atoms with Crippen LogP contribution in [0.1, 0.15) is 44.2 Å². The first-order valence-electron chi connectivity index (χ1n) is 11.1. The van der Waals surface area contributed by atoms with Crippen molar-refractivity contribution in [2.45, 2.75) is 46.1 Å². The lowest BCUT2D eigenvalue weighted by Crippen LogP contribution is -2.35. The second kappa shape index (κ2) is 9.60. The standard InChI is InChI=1S/C23H32N6S/c1-17(2)15-24-23(30)27-22-25-20(28-11-6-3-7-12-28)14-21(26-22)29-13-10-18-8-4-5-9-19(18)16-29/h4-5,8-9,14,17H,3,6-7,10-13,15-16H2,1-2H3,(H2,24,25,26,27,30). The van der Waals surface area contributed by atoms with Gasteiger partial charge in [-0.15, -0.1) is 0 Å². The molecule has 0 spiro atoms. The van der Waals surface area contributed by atoms with Crippen LogP contribution in [0.2, 0.25) is 0 Å². The Balaban J connectivity index is 1.58. The summed E-state index contributed by atoms with van der Waals surface area (Å²) in [5, 5.41) is 7.05. The maximum atomic E-state index is 5.48. The predicted molar refractivity (Wildman–Crippen MR) is 128 cm³/mol. The lowest BCUT2D eigenvalue weighted by atomic mass is 10.00. The molecule has 0 atom stereocenters. The molecule has 6 nitrogen and oxygen atoms in total. The summed E-state index contributed by atoms with van der Waals surface area (Å²) in [4.78, 5) is 14.4. The highest BCUT2D eigenvalue weighted by Gasteiger charge is 2.21. The second-order valence-electron chi connectivity index (χ2n) is 8.62. The van der Waals surface area contributed by atoms with Gasteiger partial charge in [-0.05, 0) is 54.9 Å². The van der Waals surface area contributed by atoms with Gasteiger partial charge in [0.1, 0.15) is 11.6 Å². The van der Waals surface area contributed by atoms with Crippen LogP contribution in [0.15, 0.2) is 30.3 Å². The quantitative estimate of drug-likeness (QED) is 0.704. The molecule has 2 aliphatic rings. The van der Waals surface area contributed by atoms with Gasteiger partial charge in [-0.3, -0.25) is 0 Å². The lowest BCUT2D eigenvalue weighted by Gasteiger charge is -2.32. The first kappa shape index (κ1) is 20.8. The molecule has 1 fully saturated rings. The third-order valence-corrected chi connectivity index (χ3v) is 5.98. The van der Waals surface area contributed by atoms with E-state index in [1.165, 1.54) is 30.4 Å². The average molecular weight is 425 g/mol. The Hall–Kier alpha value is -2.41. The molecule has 0 aliphatic carbocycles. The van der Waals surface area contributed by atoms with Crippen LogP contribution in [-0.4, -0.2) is 41.3 Å². The highest BCUT2D eigenvalue weighted by molar-refractivity contribution is 7.80. The van der Waals surface area contributed by atoms with Crippen LogP contribution in [0.3, 0.4) is 0 Å². The third kappa shape index (κ3) is 5.19. The first-order chi connectivity index (χ1) is 14.6. The van der Waals surface area contributed by atoms with Gasteiger partial charge in [0.15, 0.2) is 5.11 Å². The fourth-order valence-corrected chi connectivity index (χ4v) is 4.23. The Labute approximate surface area is 185 Å². The molecule has 1 aromatic heterocycles. The molecule has 3 heterocycles. The maximum absolute atomic E-state index is 5.48. The zero-order chi connectivity index (χ0) is 20.9. The molecule has 2 aromatic rings. The third-order valence-electron chi connectivity index (χ3n) is 5.73. The molecule has 0 unspecified atom stereocenters. The summed E-state index contributed by atoms with van der Waals surface area (Å²) < 4.78 is 0. The summed E-state index contributed by atoms with van der Waals surface area (Å²) in [6.07, 6.45) is 4.77. The van der Waals surface area contributed by atoms with Crippen molar-refractivity contribution >= 4 is 34.9 Å². The Bertz CT molecular complexity index is 878. The van der Waals surface area contributed by atoms with Crippen molar-refractivity contribution in [1.29, 1.82) is 0 Å². The van der Waals surface area contributed by atoms with Crippen molar-refractivity contribution in [2.75, 3.05) is 41.3 Å². The summed E-state index contributed by atoms with van der Waals surface area (Å²) >= 11 is 5.48. The van der Waals surface area contributed by atoms with Gasteiger partial charge in [0, 0.05) is 38.8 Å². The molecule has 0 radical (unpaired) electrons. The van der Waals surface area contributed by atoms with Crippen molar-refractivity contribution in [2.24, 2.45) is 5.92 Å². The number of anilines is 3. The summed E-state index contributed by atoms with van der Waals surface area (Å²) in [6.45, 7) is 9.09. The molecule has 2 aliphatic heterocycles. The molecule has 0 saturated carbocycles. The van der Waals surface area contributed by atoms with E-state index in [4.69, 9.17) is 22.2 Å². The monoisotopic (exact) mass is 424 g/mol. The largest absolute Gasteiger partial charge is 0.362 e. The molecule has 1 saturated heterocycles. The zero-order valence-corrected chi connectivity index (χ0v) is 18.8. The molecular weight excluding hydrogens is 392 g/mol. The number of piperidine rings is 1. The van der Waals surface area contributed by atoms with E-state index in [9.17, 15) is 0 Å².